The summed E-state index contributed by atoms with van der Waals surface area (Å²) in [5.41, 5.74) is 4.31. The molecule has 1 saturated heterocycles. The Morgan fingerprint density at radius 2 is 1.83 bits per heavy atom. The number of carboxylic acid groups (broad SMARTS) is 1. The van der Waals surface area contributed by atoms with Crippen molar-refractivity contribution in [2.75, 3.05) is 6.54 Å². The van der Waals surface area contributed by atoms with E-state index in [0.717, 1.165) is 11.3 Å². The monoisotopic (exact) mass is 412 g/mol. The maximum absolute atomic E-state index is 13.1. The molecule has 0 aliphatic carbocycles. The van der Waals surface area contributed by atoms with Crippen molar-refractivity contribution in [3.05, 3.63) is 0 Å². The van der Waals surface area contributed by atoms with Crippen LogP contribution in [-0.4, -0.2) is 58.0 Å². The van der Waals surface area contributed by atoms with Gasteiger partial charge in [0.15, 0.2) is 0 Å². The summed E-state index contributed by atoms with van der Waals surface area (Å²) in [4.78, 5) is 50.2. The fourth-order valence-corrected chi connectivity index (χ4v) is 3.63. The number of nitrogens with two attached hydrogens (primary N) is 1. The van der Waals surface area contributed by atoms with Crippen molar-refractivity contribution in [2.45, 2.75) is 84.8 Å². The Bertz CT molecular complexity index is 636. The minimum Gasteiger partial charge on any atom is -0.465 e. The fourth-order valence-electron chi connectivity index (χ4n) is 3.63. The molecule has 166 valence electrons. The van der Waals surface area contributed by atoms with Crippen LogP contribution in [0.25, 0.3) is 0 Å². The first-order valence-electron chi connectivity index (χ1n) is 10.0. The van der Waals surface area contributed by atoms with Gasteiger partial charge in [-0.05, 0) is 51.9 Å². The van der Waals surface area contributed by atoms with Crippen molar-refractivity contribution in [3.8, 4) is 0 Å². The summed E-state index contributed by atoms with van der Waals surface area (Å²) in [7, 11) is 0. The fraction of sp³-hybridized carbons (Fsp3) is 0.800. The molecule has 3 atom stereocenters. The van der Waals surface area contributed by atoms with E-state index >= 15 is 0 Å². The second-order valence-corrected chi connectivity index (χ2v) is 9.93. The number of amides is 4. The van der Waals surface area contributed by atoms with Gasteiger partial charge in [0.05, 0.1) is 0 Å². The highest BCUT2D eigenvalue weighted by atomic mass is 16.4. The van der Waals surface area contributed by atoms with Gasteiger partial charge in [0.1, 0.15) is 12.1 Å². The van der Waals surface area contributed by atoms with Gasteiger partial charge in [-0.25, -0.2) is 4.79 Å². The summed E-state index contributed by atoms with van der Waals surface area (Å²) >= 11 is 0. The first-order chi connectivity index (χ1) is 13.1. The van der Waals surface area contributed by atoms with Gasteiger partial charge in [0.25, 0.3) is 0 Å². The van der Waals surface area contributed by atoms with Crippen LogP contribution in [0.15, 0.2) is 0 Å². The number of hydrogen-bond acceptors (Lipinski definition) is 4. The van der Waals surface area contributed by atoms with Crippen molar-refractivity contribution in [1.82, 2.24) is 15.5 Å². The highest BCUT2D eigenvalue weighted by Gasteiger charge is 2.41. The molecule has 0 aromatic carbocycles. The summed E-state index contributed by atoms with van der Waals surface area (Å²) in [6, 6.07) is -2.05. The predicted octanol–water partition coefficient (Wildman–Crippen LogP) is 1.46. The molecule has 2 unspecified atom stereocenters. The molecular weight excluding hydrogens is 376 g/mol. The van der Waals surface area contributed by atoms with Gasteiger partial charge in [-0.15, -0.1) is 0 Å². The highest BCUT2D eigenvalue weighted by Crippen LogP contribution is 2.28. The Kier molecular flexibility index (Phi) is 8.06. The molecule has 4 amide bonds. The minimum absolute atomic E-state index is 0.0950. The minimum atomic E-state index is -1.22. The van der Waals surface area contributed by atoms with Gasteiger partial charge >= 0.3 is 6.09 Å². The molecule has 0 spiro atoms. The molecular formula is C20H36N4O5. The molecule has 0 bridgehead atoms. The summed E-state index contributed by atoms with van der Waals surface area (Å²) in [5.74, 6) is -1.91. The first-order valence-corrected chi connectivity index (χ1v) is 10.0. The molecule has 1 rings (SSSR count). The molecule has 1 heterocycles. The lowest BCUT2D eigenvalue weighted by Crippen LogP contribution is -2.60. The second-order valence-electron chi connectivity index (χ2n) is 9.93. The number of piperidine rings is 1. The third-order valence-corrected chi connectivity index (χ3v) is 4.93. The van der Waals surface area contributed by atoms with E-state index in [1.54, 1.807) is 20.8 Å². The maximum atomic E-state index is 13.1. The molecule has 0 aromatic rings. The Morgan fingerprint density at radius 1 is 1.24 bits per heavy atom. The lowest BCUT2D eigenvalue weighted by molar-refractivity contribution is -0.134. The topological polar surface area (TPSA) is 142 Å². The molecule has 1 aliphatic rings. The largest absolute Gasteiger partial charge is 0.465 e. The van der Waals surface area contributed by atoms with E-state index in [0.29, 0.717) is 13.0 Å². The zero-order valence-corrected chi connectivity index (χ0v) is 18.4. The van der Waals surface area contributed by atoms with Crippen molar-refractivity contribution < 1.29 is 24.3 Å². The number of primary amides is 1. The van der Waals surface area contributed by atoms with Crippen LogP contribution < -0.4 is 16.4 Å². The van der Waals surface area contributed by atoms with Gasteiger partial charge in [-0.2, -0.15) is 0 Å². The lowest BCUT2D eigenvalue weighted by Gasteiger charge is -2.41. The number of carbonyl (C=O) groups is 4. The van der Waals surface area contributed by atoms with Crippen LogP contribution in [0.5, 0.6) is 0 Å². The van der Waals surface area contributed by atoms with Gasteiger partial charge < -0.3 is 21.5 Å². The lowest BCUT2D eigenvalue weighted by atomic mass is 9.85. The van der Waals surface area contributed by atoms with Gasteiger partial charge in [0, 0.05) is 18.0 Å². The van der Waals surface area contributed by atoms with E-state index in [1.807, 2.05) is 20.8 Å². The summed E-state index contributed by atoms with van der Waals surface area (Å²) in [6.07, 6.45) is 0.541. The summed E-state index contributed by atoms with van der Waals surface area (Å²) in [6.45, 7) is 11.5. The Balaban J connectivity index is 3.10. The number of carbonyl (C=O) groups excluding carboxylic acids is 3. The molecule has 0 saturated carbocycles. The third-order valence-electron chi connectivity index (χ3n) is 4.93. The Morgan fingerprint density at radius 3 is 2.24 bits per heavy atom. The molecule has 9 nitrogen and oxygen atoms in total. The highest BCUT2D eigenvalue weighted by molar-refractivity contribution is 5.91. The molecule has 29 heavy (non-hydrogen) atoms. The van der Waals surface area contributed by atoms with Crippen molar-refractivity contribution >= 4 is 23.8 Å². The van der Waals surface area contributed by atoms with Crippen LogP contribution in [0.3, 0.4) is 0 Å². The zero-order chi connectivity index (χ0) is 22.6. The average molecular weight is 413 g/mol. The van der Waals surface area contributed by atoms with Crippen LogP contribution >= 0.6 is 0 Å². The van der Waals surface area contributed by atoms with E-state index in [-0.39, 0.29) is 24.2 Å². The van der Waals surface area contributed by atoms with Crippen LogP contribution in [-0.2, 0) is 14.4 Å². The second kappa shape index (κ2) is 9.45. The van der Waals surface area contributed by atoms with Crippen molar-refractivity contribution in [3.63, 3.8) is 0 Å². The molecule has 1 aliphatic heterocycles. The SMILES string of the molecule is CC(C)(C)CC(C(=O)NC(C[C@@H]1CCCNC1=O)C(N)=O)N(C(=O)O)C(C)(C)C. The normalized spacial score (nSPS) is 19.7. The van der Waals surface area contributed by atoms with E-state index in [2.05, 4.69) is 10.6 Å². The molecule has 0 aromatic heterocycles. The Labute approximate surface area is 172 Å². The number of nitrogens with zero attached hydrogens (tertiary/aromatic N) is 1. The maximum Gasteiger partial charge on any atom is 0.408 e. The van der Waals surface area contributed by atoms with Crippen LogP contribution in [0.4, 0.5) is 4.79 Å². The summed E-state index contributed by atoms with van der Waals surface area (Å²) < 4.78 is 0. The predicted molar refractivity (Wildman–Crippen MR) is 109 cm³/mol. The van der Waals surface area contributed by atoms with Crippen molar-refractivity contribution in [1.29, 1.82) is 0 Å². The average Bonchev–Trinajstić information content (AvgIpc) is 2.52. The standard InChI is InChI=1S/C20H36N4O5/c1-19(2,3)11-14(24(18(28)29)20(4,5)6)17(27)23-13(15(21)25)10-12-8-7-9-22-16(12)26/h12-14H,7-11H2,1-6H3,(H2,21,25)(H,22,26)(H,23,27)(H,28,29)/t12-,13?,14?/m0/s1. The molecule has 5 N–H and O–H groups in total. The van der Waals surface area contributed by atoms with E-state index in [4.69, 9.17) is 5.73 Å². The molecule has 1 fully saturated rings. The first kappa shape index (κ1) is 24.7. The van der Waals surface area contributed by atoms with Gasteiger partial charge in [-0.3, -0.25) is 19.3 Å². The van der Waals surface area contributed by atoms with Gasteiger partial charge in [0.2, 0.25) is 17.7 Å². The smallest absolute Gasteiger partial charge is 0.408 e. The number of nitrogens with one attached hydrogen (secondary N) is 2. The van der Waals surface area contributed by atoms with Crippen LogP contribution in [0.1, 0.15) is 67.2 Å². The molecule has 9 heteroatoms. The van der Waals surface area contributed by atoms with E-state index < -0.39 is 41.4 Å². The van der Waals surface area contributed by atoms with Gasteiger partial charge in [-0.1, -0.05) is 20.8 Å². The quantitative estimate of drug-likeness (QED) is 0.501. The molecule has 0 radical (unpaired) electrons. The zero-order valence-electron chi connectivity index (χ0n) is 18.4. The summed E-state index contributed by atoms with van der Waals surface area (Å²) in [5, 5.41) is 15.1. The van der Waals surface area contributed by atoms with E-state index in [1.165, 1.54) is 0 Å². The third kappa shape index (κ3) is 7.55. The number of hydrogen-bond donors (Lipinski definition) is 4. The van der Waals surface area contributed by atoms with Crippen molar-refractivity contribution in [2.24, 2.45) is 17.1 Å². The van der Waals surface area contributed by atoms with Crippen LogP contribution in [0, 0.1) is 11.3 Å². The number of rotatable bonds is 7. The van der Waals surface area contributed by atoms with Crippen LogP contribution in [0.2, 0.25) is 0 Å². The van der Waals surface area contributed by atoms with E-state index in [9.17, 15) is 24.3 Å². The Hall–Kier alpha value is -2.32.